The van der Waals surface area contributed by atoms with E-state index in [9.17, 15) is 20.1 Å². The Morgan fingerprint density at radius 1 is 1.28 bits per heavy atom. The Hall–Kier alpha value is -0.770. The van der Waals surface area contributed by atoms with Gasteiger partial charge < -0.3 is 35.0 Å². The lowest BCUT2D eigenvalue weighted by Gasteiger charge is -2.40. The van der Waals surface area contributed by atoms with Crippen molar-refractivity contribution < 1.29 is 39.8 Å². The summed E-state index contributed by atoms with van der Waals surface area (Å²) in [6.07, 6.45) is -7.91. The zero-order valence-electron chi connectivity index (χ0n) is 9.84. The molecule has 0 aliphatic carbocycles. The predicted molar refractivity (Wildman–Crippen MR) is 56.6 cm³/mol. The van der Waals surface area contributed by atoms with Gasteiger partial charge in [0.2, 0.25) is 0 Å². The molecule has 1 aliphatic rings. The second kappa shape index (κ2) is 6.41. The molecular weight excluding hydrogens is 248 g/mol. The Bertz CT molecular complexity index is 281. The molecule has 0 radical (unpaired) electrons. The van der Waals surface area contributed by atoms with E-state index in [1.165, 1.54) is 6.92 Å². The molecule has 0 spiro atoms. The van der Waals surface area contributed by atoms with Gasteiger partial charge in [0.1, 0.15) is 24.4 Å². The SMILES string of the molecule is C[C@H](CC(=O)O)OC1OC(CO)[C@H](O)[C@H](O)C1O. The molecule has 3 unspecified atom stereocenters. The van der Waals surface area contributed by atoms with Crippen LogP contribution in [0.5, 0.6) is 0 Å². The molecule has 0 aromatic rings. The Morgan fingerprint density at radius 3 is 2.39 bits per heavy atom. The smallest absolute Gasteiger partial charge is 0.305 e. The van der Waals surface area contributed by atoms with Crippen molar-refractivity contribution in [3.8, 4) is 0 Å². The van der Waals surface area contributed by atoms with Gasteiger partial charge in [-0.05, 0) is 6.92 Å². The molecule has 1 rings (SSSR count). The van der Waals surface area contributed by atoms with Crippen LogP contribution >= 0.6 is 0 Å². The summed E-state index contributed by atoms with van der Waals surface area (Å²) < 4.78 is 10.2. The van der Waals surface area contributed by atoms with E-state index in [0.717, 1.165) is 0 Å². The number of hydrogen-bond donors (Lipinski definition) is 5. The summed E-state index contributed by atoms with van der Waals surface area (Å²) in [6.45, 7) is 0.910. The first-order valence-electron chi connectivity index (χ1n) is 5.54. The van der Waals surface area contributed by atoms with Crippen molar-refractivity contribution in [3.63, 3.8) is 0 Å². The van der Waals surface area contributed by atoms with Gasteiger partial charge in [-0.2, -0.15) is 0 Å². The third-order valence-electron chi connectivity index (χ3n) is 2.68. The lowest BCUT2D eigenvalue weighted by Crippen LogP contribution is -2.59. The van der Waals surface area contributed by atoms with Crippen molar-refractivity contribution in [1.82, 2.24) is 0 Å². The van der Waals surface area contributed by atoms with Crippen molar-refractivity contribution >= 4 is 5.97 Å². The number of carbonyl (C=O) groups is 1. The molecule has 8 nitrogen and oxygen atoms in total. The van der Waals surface area contributed by atoms with Crippen LogP contribution < -0.4 is 0 Å². The van der Waals surface area contributed by atoms with Crippen molar-refractivity contribution in [2.24, 2.45) is 0 Å². The Morgan fingerprint density at radius 2 is 1.89 bits per heavy atom. The number of carboxylic acids is 1. The van der Waals surface area contributed by atoms with Crippen LogP contribution in [0.25, 0.3) is 0 Å². The maximum Gasteiger partial charge on any atom is 0.305 e. The van der Waals surface area contributed by atoms with E-state index < -0.39 is 49.4 Å². The van der Waals surface area contributed by atoms with Crippen molar-refractivity contribution in [1.29, 1.82) is 0 Å². The molecule has 0 aromatic heterocycles. The Labute approximate surface area is 103 Å². The van der Waals surface area contributed by atoms with Gasteiger partial charge in [-0.3, -0.25) is 4.79 Å². The summed E-state index contributed by atoms with van der Waals surface area (Å²) in [5.74, 6) is -1.08. The minimum absolute atomic E-state index is 0.297. The first-order chi connectivity index (χ1) is 8.36. The van der Waals surface area contributed by atoms with Crippen LogP contribution in [-0.4, -0.2) is 74.9 Å². The number of carboxylic acid groups (broad SMARTS) is 1. The van der Waals surface area contributed by atoms with Gasteiger partial charge in [0.15, 0.2) is 6.29 Å². The molecular formula is C10H18O8. The van der Waals surface area contributed by atoms with Crippen molar-refractivity contribution in [2.75, 3.05) is 6.61 Å². The fourth-order valence-corrected chi connectivity index (χ4v) is 1.70. The molecule has 1 aliphatic heterocycles. The highest BCUT2D eigenvalue weighted by Gasteiger charge is 2.44. The van der Waals surface area contributed by atoms with E-state index in [1.54, 1.807) is 0 Å². The average molecular weight is 266 g/mol. The van der Waals surface area contributed by atoms with Crippen LogP contribution in [0.2, 0.25) is 0 Å². The van der Waals surface area contributed by atoms with E-state index in [1.807, 2.05) is 0 Å². The number of hydrogen-bond acceptors (Lipinski definition) is 7. The largest absolute Gasteiger partial charge is 0.481 e. The highest BCUT2D eigenvalue weighted by atomic mass is 16.7. The lowest BCUT2D eigenvalue weighted by molar-refractivity contribution is -0.310. The summed E-state index contributed by atoms with van der Waals surface area (Å²) >= 11 is 0. The van der Waals surface area contributed by atoms with Gasteiger partial charge >= 0.3 is 5.97 Å². The maximum atomic E-state index is 10.5. The van der Waals surface area contributed by atoms with E-state index in [2.05, 4.69) is 0 Å². The number of ether oxygens (including phenoxy) is 2. The van der Waals surface area contributed by atoms with Gasteiger partial charge in [0.25, 0.3) is 0 Å². The van der Waals surface area contributed by atoms with E-state index in [4.69, 9.17) is 19.7 Å². The Balaban J connectivity index is 2.61. The first kappa shape index (κ1) is 15.3. The fourth-order valence-electron chi connectivity index (χ4n) is 1.70. The number of rotatable bonds is 5. The van der Waals surface area contributed by atoms with E-state index in [-0.39, 0.29) is 6.42 Å². The van der Waals surface area contributed by atoms with Gasteiger partial charge in [0, 0.05) is 0 Å². The highest BCUT2D eigenvalue weighted by molar-refractivity contribution is 5.67. The summed E-state index contributed by atoms with van der Waals surface area (Å²) in [7, 11) is 0. The monoisotopic (exact) mass is 266 g/mol. The molecule has 0 aromatic carbocycles. The minimum atomic E-state index is -1.53. The number of aliphatic hydroxyl groups excluding tert-OH is 4. The molecule has 5 N–H and O–H groups in total. The minimum Gasteiger partial charge on any atom is -0.481 e. The first-order valence-corrected chi connectivity index (χ1v) is 5.54. The molecule has 1 fully saturated rings. The average Bonchev–Trinajstić information content (AvgIpc) is 2.29. The highest BCUT2D eigenvalue weighted by Crippen LogP contribution is 2.23. The lowest BCUT2D eigenvalue weighted by atomic mass is 9.99. The normalized spacial score (nSPS) is 38.4. The van der Waals surface area contributed by atoms with Crippen LogP contribution in [0.4, 0.5) is 0 Å². The van der Waals surface area contributed by atoms with Crippen LogP contribution in [-0.2, 0) is 14.3 Å². The van der Waals surface area contributed by atoms with Crippen LogP contribution in [0.1, 0.15) is 13.3 Å². The summed E-state index contributed by atoms with van der Waals surface area (Å²) in [4.78, 5) is 10.5. The summed E-state index contributed by atoms with van der Waals surface area (Å²) in [6, 6.07) is 0. The second-order valence-corrected chi connectivity index (χ2v) is 4.24. The fraction of sp³-hybridized carbons (Fsp3) is 0.900. The molecule has 1 heterocycles. The second-order valence-electron chi connectivity index (χ2n) is 4.24. The molecule has 0 bridgehead atoms. The summed E-state index contributed by atoms with van der Waals surface area (Å²) in [5, 5.41) is 46.1. The van der Waals surface area contributed by atoms with Crippen LogP contribution in [0.3, 0.4) is 0 Å². The molecule has 18 heavy (non-hydrogen) atoms. The van der Waals surface area contributed by atoms with Crippen molar-refractivity contribution in [2.45, 2.75) is 50.2 Å². The number of aliphatic carboxylic acids is 1. The van der Waals surface area contributed by atoms with Crippen LogP contribution in [0, 0.1) is 0 Å². The zero-order chi connectivity index (χ0) is 13.9. The van der Waals surface area contributed by atoms with E-state index >= 15 is 0 Å². The quantitative estimate of drug-likeness (QED) is 0.373. The molecule has 106 valence electrons. The standard InChI is InChI=1S/C10H18O8/c1-4(2-6(12)13)17-10-9(16)8(15)7(14)5(3-11)18-10/h4-5,7-11,14-16H,2-3H2,1H3,(H,12,13)/t4-,5?,7+,8+,9?,10?/m1/s1. The predicted octanol–water partition coefficient (Wildman–Crippen LogP) is -2.33. The molecule has 1 saturated heterocycles. The van der Waals surface area contributed by atoms with Crippen LogP contribution in [0.15, 0.2) is 0 Å². The van der Waals surface area contributed by atoms with Gasteiger partial charge in [-0.1, -0.05) is 0 Å². The molecule has 0 saturated carbocycles. The maximum absolute atomic E-state index is 10.5. The topological polar surface area (TPSA) is 137 Å². The molecule has 8 heteroatoms. The number of aliphatic hydroxyl groups is 4. The summed E-state index contributed by atoms with van der Waals surface area (Å²) in [5.41, 5.74) is 0. The molecule has 6 atom stereocenters. The van der Waals surface area contributed by atoms with Crippen molar-refractivity contribution in [3.05, 3.63) is 0 Å². The third-order valence-corrected chi connectivity index (χ3v) is 2.68. The van der Waals surface area contributed by atoms with E-state index in [0.29, 0.717) is 0 Å². The van der Waals surface area contributed by atoms with Gasteiger partial charge in [0.05, 0.1) is 19.1 Å². The Kier molecular flexibility index (Phi) is 5.45. The molecule has 0 amide bonds. The van der Waals surface area contributed by atoms with Gasteiger partial charge in [-0.15, -0.1) is 0 Å². The third kappa shape index (κ3) is 3.61. The zero-order valence-corrected chi connectivity index (χ0v) is 9.84. The van der Waals surface area contributed by atoms with Gasteiger partial charge in [-0.25, -0.2) is 0 Å².